The number of hydrogen-bond acceptors (Lipinski definition) is 2. The highest BCUT2D eigenvalue weighted by molar-refractivity contribution is 5.91. The number of hydrogen-bond donors (Lipinski definition) is 1. The van der Waals surface area contributed by atoms with E-state index in [1.54, 1.807) is 0 Å². The minimum atomic E-state index is -2.76. The Bertz CT molecular complexity index is 569. The van der Waals surface area contributed by atoms with E-state index in [1.165, 1.54) is 7.05 Å². The van der Waals surface area contributed by atoms with Crippen LogP contribution in [0.15, 0.2) is 18.2 Å². The van der Waals surface area contributed by atoms with Crippen LogP contribution < -0.4 is 5.32 Å². The van der Waals surface area contributed by atoms with Gasteiger partial charge in [0.05, 0.1) is 5.52 Å². The molecule has 2 nitrogen and oxygen atoms in total. The van der Waals surface area contributed by atoms with Gasteiger partial charge in [0.1, 0.15) is 5.69 Å². The molecule has 0 aliphatic rings. The Labute approximate surface area is 94.3 Å². The fraction of sp³-hybridized carbons (Fsp3) is 0.182. The molecular formula is C11H8F4N2. The number of halogens is 4. The Balaban J connectivity index is 2.78. The predicted molar refractivity (Wildman–Crippen MR) is 56.2 cm³/mol. The molecule has 0 atom stereocenters. The molecule has 2 rings (SSSR count). The SMILES string of the molecule is CNc1cc(C(F)F)nc2cc(F)c(F)cc12. The van der Waals surface area contributed by atoms with Gasteiger partial charge in [0, 0.05) is 24.2 Å². The van der Waals surface area contributed by atoms with Crippen LogP contribution in [-0.2, 0) is 0 Å². The van der Waals surface area contributed by atoms with E-state index >= 15 is 0 Å². The standard InChI is InChI=1S/C11H8F4N2/c1-16-8-4-10(11(14)15)17-9-3-7(13)6(12)2-5(8)9/h2-4,11H,1H3,(H,16,17). The summed E-state index contributed by atoms with van der Waals surface area (Å²) in [5.41, 5.74) is -0.205. The van der Waals surface area contributed by atoms with Gasteiger partial charge < -0.3 is 5.32 Å². The number of nitrogens with one attached hydrogen (secondary N) is 1. The molecule has 0 amide bonds. The summed E-state index contributed by atoms with van der Waals surface area (Å²) in [7, 11) is 1.51. The quantitative estimate of drug-likeness (QED) is 0.818. The first kappa shape index (κ1) is 11.6. The lowest BCUT2D eigenvalue weighted by Crippen LogP contribution is -1.98. The Morgan fingerprint density at radius 2 is 1.76 bits per heavy atom. The first-order valence-electron chi connectivity index (χ1n) is 4.78. The second-order valence-electron chi connectivity index (χ2n) is 3.43. The average Bonchev–Trinajstić information content (AvgIpc) is 2.29. The third-order valence-corrected chi connectivity index (χ3v) is 2.36. The van der Waals surface area contributed by atoms with Crippen LogP contribution in [0, 0.1) is 11.6 Å². The van der Waals surface area contributed by atoms with Gasteiger partial charge in [-0.2, -0.15) is 0 Å². The fourth-order valence-electron chi connectivity index (χ4n) is 1.56. The number of pyridine rings is 1. The van der Waals surface area contributed by atoms with Crippen molar-refractivity contribution in [2.24, 2.45) is 0 Å². The molecule has 0 aliphatic carbocycles. The van der Waals surface area contributed by atoms with Crippen LogP contribution in [0.25, 0.3) is 10.9 Å². The number of alkyl halides is 2. The number of benzene rings is 1. The van der Waals surface area contributed by atoms with E-state index < -0.39 is 23.8 Å². The van der Waals surface area contributed by atoms with Gasteiger partial charge in [-0.15, -0.1) is 0 Å². The molecule has 0 radical (unpaired) electrons. The molecule has 0 spiro atoms. The highest BCUT2D eigenvalue weighted by Gasteiger charge is 2.14. The maximum Gasteiger partial charge on any atom is 0.280 e. The number of aromatic nitrogens is 1. The van der Waals surface area contributed by atoms with Gasteiger partial charge in [-0.25, -0.2) is 22.5 Å². The maximum absolute atomic E-state index is 13.0. The minimum Gasteiger partial charge on any atom is -0.388 e. The third-order valence-electron chi connectivity index (χ3n) is 2.36. The molecular weight excluding hydrogens is 236 g/mol. The van der Waals surface area contributed by atoms with E-state index in [1.807, 2.05) is 0 Å². The summed E-state index contributed by atoms with van der Waals surface area (Å²) in [6.07, 6.45) is -2.76. The minimum absolute atomic E-state index is 0.00829. The predicted octanol–water partition coefficient (Wildman–Crippen LogP) is 3.49. The first-order valence-corrected chi connectivity index (χ1v) is 4.78. The van der Waals surface area contributed by atoms with Gasteiger partial charge in [-0.3, -0.25) is 0 Å². The van der Waals surface area contributed by atoms with Crippen molar-refractivity contribution >= 4 is 16.6 Å². The van der Waals surface area contributed by atoms with E-state index in [9.17, 15) is 17.6 Å². The Morgan fingerprint density at radius 1 is 1.12 bits per heavy atom. The molecule has 0 saturated heterocycles. The van der Waals surface area contributed by atoms with Crippen LogP contribution >= 0.6 is 0 Å². The van der Waals surface area contributed by atoms with Crippen LogP contribution in [0.5, 0.6) is 0 Å². The second-order valence-corrected chi connectivity index (χ2v) is 3.43. The van der Waals surface area contributed by atoms with Crippen molar-refractivity contribution in [1.29, 1.82) is 0 Å². The summed E-state index contributed by atoms with van der Waals surface area (Å²) >= 11 is 0. The van der Waals surface area contributed by atoms with Gasteiger partial charge in [0.25, 0.3) is 6.43 Å². The monoisotopic (exact) mass is 244 g/mol. The number of anilines is 1. The molecule has 1 aromatic heterocycles. The Kier molecular flexibility index (Phi) is 2.87. The zero-order valence-corrected chi connectivity index (χ0v) is 8.77. The molecule has 17 heavy (non-hydrogen) atoms. The van der Waals surface area contributed by atoms with Crippen molar-refractivity contribution in [3.8, 4) is 0 Å². The lowest BCUT2D eigenvalue weighted by atomic mass is 10.1. The van der Waals surface area contributed by atoms with Crippen LogP contribution in [-0.4, -0.2) is 12.0 Å². The topological polar surface area (TPSA) is 24.9 Å². The molecule has 0 unspecified atom stereocenters. The highest BCUT2D eigenvalue weighted by atomic mass is 19.3. The largest absolute Gasteiger partial charge is 0.388 e. The van der Waals surface area contributed by atoms with Gasteiger partial charge in [-0.1, -0.05) is 0 Å². The first-order chi connectivity index (χ1) is 8.02. The zero-order valence-electron chi connectivity index (χ0n) is 8.77. The molecule has 1 N–H and O–H groups in total. The number of rotatable bonds is 2. The van der Waals surface area contributed by atoms with Crippen LogP contribution in [0.4, 0.5) is 23.2 Å². The number of fused-ring (bicyclic) bond motifs is 1. The second kappa shape index (κ2) is 4.20. The van der Waals surface area contributed by atoms with Crippen molar-refractivity contribution < 1.29 is 17.6 Å². The van der Waals surface area contributed by atoms with E-state index in [-0.39, 0.29) is 16.6 Å². The van der Waals surface area contributed by atoms with Crippen molar-refractivity contribution in [2.75, 3.05) is 12.4 Å². The number of nitrogens with zero attached hydrogens (tertiary/aromatic N) is 1. The molecule has 0 aliphatic heterocycles. The summed E-state index contributed by atoms with van der Waals surface area (Å²) in [5.74, 6) is -2.15. The van der Waals surface area contributed by atoms with Crippen LogP contribution in [0.3, 0.4) is 0 Å². The molecule has 1 aromatic carbocycles. The molecule has 0 bridgehead atoms. The lowest BCUT2D eigenvalue weighted by molar-refractivity contribution is 0.146. The molecule has 90 valence electrons. The Morgan fingerprint density at radius 3 is 2.35 bits per heavy atom. The maximum atomic E-state index is 13.0. The van der Waals surface area contributed by atoms with Gasteiger partial charge in [0.2, 0.25) is 0 Å². The van der Waals surface area contributed by atoms with Crippen LogP contribution in [0.2, 0.25) is 0 Å². The van der Waals surface area contributed by atoms with E-state index in [0.717, 1.165) is 18.2 Å². The van der Waals surface area contributed by atoms with E-state index in [4.69, 9.17) is 0 Å². The lowest BCUT2D eigenvalue weighted by Gasteiger charge is -2.09. The summed E-state index contributed by atoms with van der Waals surface area (Å²) in [5, 5.41) is 2.91. The molecule has 0 fully saturated rings. The summed E-state index contributed by atoms with van der Waals surface area (Å²) in [6, 6.07) is 2.85. The Hall–Kier alpha value is -1.85. The average molecular weight is 244 g/mol. The highest BCUT2D eigenvalue weighted by Crippen LogP contribution is 2.28. The molecule has 1 heterocycles. The van der Waals surface area contributed by atoms with Crippen molar-refractivity contribution in [2.45, 2.75) is 6.43 Å². The van der Waals surface area contributed by atoms with Gasteiger partial charge in [0.15, 0.2) is 11.6 Å². The summed E-state index contributed by atoms with van der Waals surface area (Å²) < 4.78 is 51.1. The van der Waals surface area contributed by atoms with Crippen LogP contribution in [0.1, 0.15) is 12.1 Å². The van der Waals surface area contributed by atoms with Crippen molar-refractivity contribution in [1.82, 2.24) is 4.98 Å². The molecule has 0 saturated carbocycles. The van der Waals surface area contributed by atoms with Gasteiger partial charge >= 0.3 is 0 Å². The smallest absolute Gasteiger partial charge is 0.280 e. The molecule has 2 aromatic rings. The van der Waals surface area contributed by atoms with E-state index in [2.05, 4.69) is 10.3 Å². The third kappa shape index (κ3) is 2.02. The van der Waals surface area contributed by atoms with Gasteiger partial charge in [-0.05, 0) is 12.1 Å². The molecule has 6 heteroatoms. The normalized spacial score (nSPS) is 11.2. The van der Waals surface area contributed by atoms with E-state index in [0.29, 0.717) is 0 Å². The zero-order chi connectivity index (χ0) is 12.6. The fourth-order valence-corrected chi connectivity index (χ4v) is 1.56. The summed E-state index contributed by atoms with van der Waals surface area (Å²) in [6.45, 7) is 0. The summed E-state index contributed by atoms with van der Waals surface area (Å²) in [4.78, 5) is 3.59. The van der Waals surface area contributed by atoms with Crippen molar-refractivity contribution in [3.05, 3.63) is 35.5 Å². The van der Waals surface area contributed by atoms with Crippen molar-refractivity contribution in [3.63, 3.8) is 0 Å².